The van der Waals surface area contributed by atoms with Crippen molar-refractivity contribution in [3.63, 3.8) is 0 Å². The van der Waals surface area contributed by atoms with Gasteiger partial charge in [-0.05, 0) is 48.6 Å². The van der Waals surface area contributed by atoms with Gasteiger partial charge in [-0.25, -0.2) is 14.0 Å². The second-order valence-corrected chi connectivity index (χ2v) is 5.76. The van der Waals surface area contributed by atoms with E-state index in [1.807, 2.05) is 0 Å². The fourth-order valence-electron chi connectivity index (χ4n) is 2.88. The number of anilines is 1. The Balaban J connectivity index is 1.92. The van der Waals surface area contributed by atoms with Crippen LogP contribution in [0.1, 0.15) is 6.42 Å². The lowest BCUT2D eigenvalue weighted by atomic mass is 9.50. The normalized spacial score (nSPS) is 17.1. The van der Waals surface area contributed by atoms with Crippen LogP contribution < -0.4 is 10.5 Å². The maximum absolute atomic E-state index is 13.5. The summed E-state index contributed by atoms with van der Waals surface area (Å²) in [5, 5.41) is 8.98. The molecule has 2 N–H and O–H groups in total. The first-order chi connectivity index (χ1) is 11.1. The van der Waals surface area contributed by atoms with Crippen LogP contribution in [-0.2, 0) is 0 Å². The standard InChI is InChI=1S/C17H15BF2N2O/c19-15-3-1-11(7-16(15)20)14-8-12(22)2-4-17(14)23-13-5-6-18(9-13)10-21/h1-4,7-8,13H,5-6,9,22H2. The molecule has 0 aliphatic carbocycles. The SMILES string of the molecule is N#CB1CCC(Oc2ccc(N)cc2-c2ccc(F)c(F)c2)C1. The lowest BCUT2D eigenvalue weighted by molar-refractivity contribution is 0.227. The summed E-state index contributed by atoms with van der Waals surface area (Å²) in [5.41, 5.74) is 7.45. The van der Waals surface area contributed by atoms with Crippen LogP contribution >= 0.6 is 0 Å². The van der Waals surface area contributed by atoms with E-state index in [2.05, 4.69) is 5.97 Å². The monoisotopic (exact) mass is 312 g/mol. The van der Waals surface area contributed by atoms with Crippen LogP contribution in [0, 0.1) is 22.9 Å². The van der Waals surface area contributed by atoms with Gasteiger partial charge >= 0.3 is 0 Å². The van der Waals surface area contributed by atoms with Gasteiger partial charge in [0.05, 0.1) is 6.10 Å². The molecule has 1 fully saturated rings. The molecule has 0 amide bonds. The molecule has 1 heterocycles. The molecular weight excluding hydrogens is 297 g/mol. The molecule has 0 saturated carbocycles. The number of nitrogen functional groups attached to an aromatic ring is 1. The maximum atomic E-state index is 13.5. The van der Waals surface area contributed by atoms with Crippen LogP contribution in [0.2, 0.25) is 12.6 Å². The summed E-state index contributed by atoms with van der Waals surface area (Å²) >= 11 is 0. The van der Waals surface area contributed by atoms with Gasteiger partial charge in [-0.15, -0.1) is 0 Å². The molecule has 2 aromatic rings. The highest BCUT2D eigenvalue weighted by atomic mass is 19.2. The van der Waals surface area contributed by atoms with Crippen molar-refractivity contribution in [2.45, 2.75) is 25.2 Å². The Morgan fingerprint density at radius 3 is 2.70 bits per heavy atom. The van der Waals surface area contributed by atoms with Crippen LogP contribution in [-0.4, -0.2) is 12.8 Å². The number of nitrogens with zero attached hydrogens (tertiary/aromatic N) is 1. The molecule has 2 aromatic carbocycles. The third kappa shape index (κ3) is 3.29. The first kappa shape index (κ1) is 15.4. The van der Waals surface area contributed by atoms with Gasteiger partial charge in [-0.3, -0.25) is 0 Å². The highest BCUT2D eigenvalue weighted by Crippen LogP contribution is 2.35. The summed E-state index contributed by atoms with van der Waals surface area (Å²) in [6, 6.07) is 8.81. The van der Waals surface area contributed by atoms with Crippen molar-refractivity contribution in [3.05, 3.63) is 48.0 Å². The van der Waals surface area contributed by atoms with Gasteiger partial charge < -0.3 is 10.5 Å². The highest BCUT2D eigenvalue weighted by Gasteiger charge is 2.30. The average molecular weight is 312 g/mol. The predicted molar refractivity (Wildman–Crippen MR) is 86.2 cm³/mol. The minimum atomic E-state index is -0.915. The lowest BCUT2D eigenvalue weighted by Crippen LogP contribution is -2.14. The number of benzene rings is 2. The molecular formula is C17H15BF2N2O. The number of hydrogen-bond acceptors (Lipinski definition) is 3. The number of hydrogen-bond donors (Lipinski definition) is 1. The van der Waals surface area contributed by atoms with Gasteiger partial charge in [0.1, 0.15) is 5.75 Å². The smallest absolute Gasteiger partial charge is 0.271 e. The summed E-state index contributed by atoms with van der Waals surface area (Å²) < 4.78 is 32.7. The minimum Gasteiger partial charge on any atom is -0.490 e. The Hall–Kier alpha value is -2.55. The van der Waals surface area contributed by atoms with E-state index in [0.717, 1.165) is 24.9 Å². The zero-order valence-electron chi connectivity index (χ0n) is 12.4. The number of rotatable bonds is 3. The lowest BCUT2D eigenvalue weighted by Gasteiger charge is -2.17. The summed E-state index contributed by atoms with van der Waals surface area (Å²) in [4.78, 5) is 0. The first-order valence-electron chi connectivity index (χ1n) is 7.48. The van der Waals surface area contributed by atoms with Crippen molar-refractivity contribution in [2.75, 3.05) is 5.73 Å². The van der Waals surface area contributed by atoms with Crippen molar-refractivity contribution in [1.29, 1.82) is 5.26 Å². The Bertz CT molecular complexity index is 776. The van der Waals surface area contributed by atoms with E-state index in [9.17, 15) is 8.78 Å². The molecule has 0 spiro atoms. The van der Waals surface area contributed by atoms with Crippen molar-refractivity contribution < 1.29 is 13.5 Å². The molecule has 23 heavy (non-hydrogen) atoms. The summed E-state index contributed by atoms with van der Waals surface area (Å²) in [6.07, 6.45) is 2.25. The van der Waals surface area contributed by atoms with Crippen molar-refractivity contribution in [2.24, 2.45) is 0 Å². The Labute approximate surface area is 133 Å². The Kier molecular flexibility index (Phi) is 4.20. The van der Waals surface area contributed by atoms with E-state index in [-0.39, 0.29) is 12.8 Å². The van der Waals surface area contributed by atoms with Crippen LogP contribution in [0.25, 0.3) is 11.1 Å². The molecule has 3 rings (SSSR count). The van der Waals surface area contributed by atoms with Crippen LogP contribution in [0.5, 0.6) is 5.75 Å². The quantitative estimate of drug-likeness (QED) is 0.690. The minimum absolute atomic E-state index is 0.0143. The topological polar surface area (TPSA) is 59.0 Å². The largest absolute Gasteiger partial charge is 0.490 e. The van der Waals surface area contributed by atoms with Gasteiger partial charge in [0.2, 0.25) is 0 Å². The predicted octanol–water partition coefficient (Wildman–Crippen LogP) is 3.92. The van der Waals surface area contributed by atoms with E-state index in [1.54, 1.807) is 18.2 Å². The van der Waals surface area contributed by atoms with E-state index < -0.39 is 11.6 Å². The second-order valence-electron chi connectivity index (χ2n) is 5.76. The van der Waals surface area contributed by atoms with E-state index in [4.69, 9.17) is 15.7 Å². The molecule has 6 heteroatoms. The molecule has 0 radical (unpaired) electrons. The molecule has 1 saturated heterocycles. The first-order valence-corrected chi connectivity index (χ1v) is 7.48. The maximum Gasteiger partial charge on any atom is 0.271 e. The zero-order chi connectivity index (χ0) is 16.4. The average Bonchev–Trinajstić information content (AvgIpc) is 2.99. The van der Waals surface area contributed by atoms with Crippen molar-refractivity contribution in [1.82, 2.24) is 0 Å². The number of nitrogens with two attached hydrogens (primary N) is 1. The van der Waals surface area contributed by atoms with Gasteiger partial charge in [-0.1, -0.05) is 12.4 Å². The molecule has 3 nitrogen and oxygen atoms in total. The number of nitriles is 1. The molecule has 116 valence electrons. The molecule has 1 atom stereocenters. The van der Waals surface area contributed by atoms with E-state index in [0.29, 0.717) is 28.9 Å². The third-order valence-corrected chi connectivity index (χ3v) is 4.09. The number of ether oxygens (including phenoxy) is 1. The van der Waals surface area contributed by atoms with Gasteiger partial charge in [-0.2, -0.15) is 0 Å². The molecule has 1 aliphatic heterocycles. The molecule has 0 bridgehead atoms. The molecule has 1 aliphatic rings. The Morgan fingerprint density at radius 1 is 1.17 bits per heavy atom. The second kappa shape index (κ2) is 6.29. The fraction of sp³-hybridized carbons (Fsp3) is 0.235. The molecule has 0 aromatic heterocycles. The van der Waals surface area contributed by atoms with Crippen LogP contribution in [0.3, 0.4) is 0 Å². The third-order valence-electron chi connectivity index (χ3n) is 4.09. The Morgan fingerprint density at radius 2 is 2.00 bits per heavy atom. The van der Waals surface area contributed by atoms with Crippen molar-refractivity contribution in [3.8, 4) is 22.8 Å². The van der Waals surface area contributed by atoms with Crippen LogP contribution in [0.15, 0.2) is 36.4 Å². The summed E-state index contributed by atoms with van der Waals surface area (Å²) in [6.45, 7) is 0.0143. The van der Waals surface area contributed by atoms with E-state index in [1.165, 1.54) is 6.07 Å². The number of halogens is 2. The van der Waals surface area contributed by atoms with Gasteiger partial charge in [0, 0.05) is 17.2 Å². The van der Waals surface area contributed by atoms with Gasteiger partial charge in [0.15, 0.2) is 11.6 Å². The highest BCUT2D eigenvalue weighted by molar-refractivity contribution is 6.67. The van der Waals surface area contributed by atoms with E-state index >= 15 is 0 Å². The van der Waals surface area contributed by atoms with Crippen LogP contribution in [0.4, 0.5) is 14.5 Å². The fourth-order valence-corrected chi connectivity index (χ4v) is 2.88. The zero-order valence-corrected chi connectivity index (χ0v) is 12.4. The summed E-state index contributed by atoms with van der Waals surface area (Å²) in [5.74, 6) is 1.01. The van der Waals surface area contributed by atoms with Gasteiger partial charge in [0.25, 0.3) is 6.71 Å². The van der Waals surface area contributed by atoms with Crippen molar-refractivity contribution >= 4 is 12.4 Å². The molecule has 1 unspecified atom stereocenters. The summed E-state index contributed by atoms with van der Waals surface area (Å²) in [7, 11) is 0.